The molecule has 0 amide bonds. The normalized spacial score (nSPS) is 52.4. The molecule has 5 unspecified atom stereocenters. The molecule has 8 atom stereocenters. The molecule has 0 aliphatic heterocycles. The summed E-state index contributed by atoms with van der Waals surface area (Å²) in [6, 6.07) is 0. The molecule has 0 aromatic heterocycles. The van der Waals surface area contributed by atoms with Crippen molar-refractivity contribution in [2.24, 2.45) is 40.9 Å². The monoisotopic (exact) mass is 314 g/mol. The summed E-state index contributed by atoms with van der Waals surface area (Å²) in [6.07, 6.45) is 10.9. The van der Waals surface area contributed by atoms with Crippen molar-refractivity contribution in [2.75, 3.05) is 7.11 Å². The van der Waals surface area contributed by atoms with Crippen LogP contribution >= 0.6 is 0 Å². The van der Waals surface area contributed by atoms with Crippen molar-refractivity contribution in [1.82, 2.24) is 0 Å². The van der Waals surface area contributed by atoms with Crippen LogP contribution in [0.3, 0.4) is 0 Å². The highest BCUT2D eigenvalue weighted by Crippen LogP contribution is 2.64. The summed E-state index contributed by atoms with van der Waals surface area (Å²) in [6.45, 7) is 11.9. The maximum atomic E-state index is 5.90. The van der Waals surface area contributed by atoms with Crippen molar-refractivity contribution in [1.29, 1.82) is 0 Å². The smallest absolute Gasteiger partial charge is 0.0696 e. The van der Waals surface area contributed by atoms with Crippen LogP contribution in [0.5, 0.6) is 0 Å². The Balaban J connectivity index is 1.69. The average Bonchev–Trinajstić information content (AvgIpc) is 2.82. The first kappa shape index (κ1) is 15.9. The molecule has 0 saturated heterocycles. The van der Waals surface area contributed by atoms with Crippen LogP contribution in [0.25, 0.3) is 0 Å². The van der Waals surface area contributed by atoms with Crippen molar-refractivity contribution in [3.8, 4) is 0 Å². The molecule has 3 fully saturated rings. The van der Waals surface area contributed by atoms with E-state index in [9.17, 15) is 0 Å². The fourth-order valence-electron chi connectivity index (χ4n) is 7.40. The van der Waals surface area contributed by atoms with E-state index in [-0.39, 0.29) is 0 Å². The number of allylic oxidation sites excluding steroid dienone is 1. The zero-order valence-electron chi connectivity index (χ0n) is 15.5. The average molecular weight is 315 g/mol. The Hall–Kier alpha value is -0.560. The molecule has 4 aliphatic carbocycles. The lowest BCUT2D eigenvalue weighted by molar-refractivity contribution is -0.0645. The summed E-state index contributed by atoms with van der Waals surface area (Å²) in [4.78, 5) is 0. The zero-order valence-corrected chi connectivity index (χ0v) is 15.5. The van der Waals surface area contributed by atoms with E-state index < -0.39 is 0 Å². The van der Waals surface area contributed by atoms with Crippen LogP contribution < -0.4 is 0 Å². The van der Waals surface area contributed by atoms with E-state index in [2.05, 4.69) is 33.4 Å². The molecule has 0 bridgehead atoms. The summed E-state index contributed by atoms with van der Waals surface area (Å²) in [5.41, 5.74) is 3.60. The number of ether oxygens (including phenoxy) is 1. The van der Waals surface area contributed by atoms with Crippen LogP contribution in [0.2, 0.25) is 0 Å². The zero-order chi connectivity index (χ0) is 16.4. The molecule has 0 aromatic carbocycles. The van der Waals surface area contributed by atoms with Crippen LogP contribution in [-0.2, 0) is 4.74 Å². The van der Waals surface area contributed by atoms with Gasteiger partial charge >= 0.3 is 0 Å². The van der Waals surface area contributed by atoms with Crippen LogP contribution in [0, 0.1) is 40.9 Å². The van der Waals surface area contributed by atoms with Gasteiger partial charge in [-0.1, -0.05) is 44.6 Å². The van der Waals surface area contributed by atoms with E-state index in [1.807, 2.05) is 7.11 Å². The number of fused-ring (bicyclic) bond motifs is 5. The number of hydrogen-bond donors (Lipinski definition) is 0. The third kappa shape index (κ3) is 2.22. The summed E-state index contributed by atoms with van der Waals surface area (Å²) < 4.78 is 5.90. The van der Waals surface area contributed by atoms with Crippen molar-refractivity contribution >= 4 is 0 Å². The van der Waals surface area contributed by atoms with Gasteiger partial charge in [-0.15, -0.1) is 0 Å². The molecule has 0 spiro atoms. The van der Waals surface area contributed by atoms with Crippen LogP contribution in [0.15, 0.2) is 23.8 Å². The van der Waals surface area contributed by atoms with Crippen LogP contribution in [0.4, 0.5) is 0 Å². The molecular weight excluding hydrogens is 280 g/mol. The van der Waals surface area contributed by atoms with Crippen molar-refractivity contribution in [3.63, 3.8) is 0 Å². The molecule has 23 heavy (non-hydrogen) atoms. The Morgan fingerprint density at radius 2 is 2.04 bits per heavy atom. The quantitative estimate of drug-likeness (QED) is 0.571. The van der Waals surface area contributed by atoms with Gasteiger partial charge in [0, 0.05) is 12.5 Å². The molecule has 4 aliphatic rings. The molecule has 128 valence electrons. The van der Waals surface area contributed by atoms with Crippen LogP contribution in [-0.4, -0.2) is 13.2 Å². The highest BCUT2D eigenvalue weighted by Gasteiger charge is 2.57. The van der Waals surface area contributed by atoms with Gasteiger partial charge in [-0.3, -0.25) is 0 Å². The first-order valence-corrected chi connectivity index (χ1v) is 9.85. The van der Waals surface area contributed by atoms with Gasteiger partial charge in [0.1, 0.15) is 0 Å². The predicted octanol–water partition coefficient (Wildman–Crippen LogP) is 5.62. The van der Waals surface area contributed by atoms with E-state index in [1.165, 1.54) is 37.7 Å². The molecule has 1 heteroatoms. The molecule has 0 radical (unpaired) electrons. The second kappa shape index (κ2) is 5.48. The molecule has 1 nitrogen and oxygen atoms in total. The van der Waals surface area contributed by atoms with Gasteiger partial charge in [0.25, 0.3) is 0 Å². The fourth-order valence-corrected chi connectivity index (χ4v) is 7.40. The summed E-state index contributed by atoms with van der Waals surface area (Å²) in [5.74, 6) is 5.25. The van der Waals surface area contributed by atoms with Crippen LogP contribution in [0.1, 0.15) is 59.3 Å². The third-order valence-electron chi connectivity index (χ3n) is 8.15. The minimum absolute atomic E-state index is 0.300. The Morgan fingerprint density at radius 3 is 2.78 bits per heavy atom. The molecule has 3 saturated carbocycles. The molecule has 0 N–H and O–H groups in total. The number of rotatable bonds is 1. The first-order chi connectivity index (χ1) is 11.0. The lowest BCUT2D eigenvalue weighted by Gasteiger charge is -2.58. The summed E-state index contributed by atoms with van der Waals surface area (Å²) in [5, 5.41) is 0. The molecular formula is C22H34O. The van der Waals surface area contributed by atoms with Gasteiger partial charge in [-0.2, -0.15) is 0 Å². The lowest BCUT2D eigenvalue weighted by Crippen LogP contribution is -2.52. The van der Waals surface area contributed by atoms with Crippen molar-refractivity contribution in [2.45, 2.75) is 65.4 Å². The first-order valence-electron chi connectivity index (χ1n) is 9.85. The Labute approximate surface area is 142 Å². The van der Waals surface area contributed by atoms with Gasteiger partial charge in [0.15, 0.2) is 0 Å². The highest BCUT2D eigenvalue weighted by molar-refractivity contribution is 5.31. The lowest BCUT2D eigenvalue weighted by atomic mass is 9.47. The number of methoxy groups -OCH3 is 1. The van der Waals surface area contributed by atoms with Gasteiger partial charge in [-0.25, -0.2) is 0 Å². The topological polar surface area (TPSA) is 9.23 Å². The van der Waals surface area contributed by atoms with E-state index in [1.54, 1.807) is 5.57 Å². The van der Waals surface area contributed by atoms with Crippen molar-refractivity contribution in [3.05, 3.63) is 23.8 Å². The Kier molecular flexibility index (Phi) is 3.80. The summed E-state index contributed by atoms with van der Waals surface area (Å²) >= 11 is 0. The second-order valence-electron chi connectivity index (χ2n) is 9.45. The van der Waals surface area contributed by atoms with E-state index in [4.69, 9.17) is 4.74 Å². The minimum atomic E-state index is 0.300. The SMILES string of the molecule is C=C1CCC2C(C1)C[C@@H](C)C1C3=CCC(OC)[C@@]3(C)C[C@H](C)C21. The predicted molar refractivity (Wildman–Crippen MR) is 96.1 cm³/mol. The van der Waals surface area contributed by atoms with Crippen molar-refractivity contribution < 1.29 is 4.74 Å². The second-order valence-corrected chi connectivity index (χ2v) is 9.45. The number of hydrogen-bond acceptors (Lipinski definition) is 1. The fraction of sp³-hybridized carbons (Fsp3) is 0.818. The highest BCUT2D eigenvalue weighted by atomic mass is 16.5. The molecule has 4 rings (SSSR count). The van der Waals surface area contributed by atoms with Gasteiger partial charge < -0.3 is 4.74 Å². The van der Waals surface area contributed by atoms with E-state index >= 15 is 0 Å². The van der Waals surface area contributed by atoms with Gasteiger partial charge in [0.05, 0.1) is 6.10 Å². The molecule has 0 aromatic rings. The third-order valence-corrected chi connectivity index (χ3v) is 8.15. The molecule has 0 heterocycles. The maximum Gasteiger partial charge on any atom is 0.0696 e. The standard InChI is InChI=1S/C22H34O/c1-13-6-7-17-16(10-13)11-14(2)21-18-8-9-19(23-5)22(18,4)12-15(3)20(17)21/h8,14-17,19-21H,1,6-7,9-12H2,2-5H3/t14-,15+,16?,17?,19?,20?,21?,22+/m1/s1. The Morgan fingerprint density at radius 1 is 1.26 bits per heavy atom. The maximum absolute atomic E-state index is 5.90. The van der Waals surface area contributed by atoms with E-state index in [0.717, 1.165) is 41.9 Å². The van der Waals surface area contributed by atoms with Gasteiger partial charge in [-0.05, 0) is 74.0 Å². The van der Waals surface area contributed by atoms with Gasteiger partial charge in [0.2, 0.25) is 0 Å². The summed E-state index contributed by atoms with van der Waals surface area (Å²) in [7, 11) is 1.91. The largest absolute Gasteiger partial charge is 0.380 e. The Bertz CT molecular complexity index is 532. The van der Waals surface area contributed by atoms with E-state index in [0.29, 0.717) is 11.5 Å². The minimum Gasteiger partial charge on any atom is -0.380 e.